The van der Waals surface area contributed by atoms with Crippen LogP contribution in [-0.2, 0) is 25.6 Å². The first-order chi connectivity index (χ1) is 18.1. The molecule has 212 valence electrons. The Hall–Kier alpha value is -2.71. The van der Waals surface area contributed by atoms with E-state index in [1.807, 2.05) is 28.9 Å². The number of carboxylic acids is 3. The van der Waals surface area contributed by atoms with E-state index in [0.717, 1.165) is 12.1 Å². The summed E-state index contributed by atoms with van der Waals surface area (Å²) in [7, 11) is 0. The van der Waals surface area contributed by atoms with Crippen molar-refractivity contribution in [2.24, 2.45) is 0 Å². The molecule has 1 atom stereocenters. The van der Waals surface area contributed by atoms with Crippen molar-refractivity contribution in [2.75, 3.05) is 83.1 Å². The number of nitrogens with zero attached hydrogens (tertiary/aromatic N) is 4. The second kappa shape index (κ2) is 16.3. The molecule has 1 aromatic carbocycles. The van der Waals surface area contributed by atoms with Crippen LogP contribution in [0.5, 0.6) is 0 Å². The van der Waals surface area contributed by atoms with E-state index in [1.54, 1.807) is 17.0 Å². The maximum absolute atomic E-state index is 11.8. The average molecular weight is 554 g/mol. The molecule has 0 bridgehead atoms. The van der Waals surface area contributed by atoms with E-state index in [1.165, 1.54) is 0 Å². The molecule has 0 radical (unpaired) electrons. The van der Waals surface area contributed by atoms with E-state index in [4.69, 9.17) is 0 Å². The van der Waals surface area contributed by atoms with E-state index in [9.17, 15) is 34.5 Å². The van der Waals surface area contributed by atoms with E-state index in [0.29, 0.717) is 57.9 Å². The van der Waals surface area contributed by atoms with E-state index < -0.39 is 17.9 Å². The van der Waals surface area contributed by atoms with Crippen molar-refractivity contribution in [3.63, 3.8) is 0 Å². The normalized spacial score (nSPS) is 19.3. The van der Waals surface area contributed by atoms with Crippen molar-refractivity contribution in [3.8, 4) is 0 Å². The van der Waals surface area contributed by atoms with Crippen molar-refractivity contribution >= 4 is 42.1 Å². The number of likely N-dealkylation sites (N-methyl/N-ethyl adjacent to an activating group) is 1. The van der Waals surface area contributed by atoms with Gasteiger partial charge in [0, 0.05) is 57.5 Å². The van der Waals surface area contributed by atoms with Crippen molar-refractivity contribution in [2.45, 2.75) is 19.4 Å². The van der Waals surface area contributed by atoms with Crippen LogP contribution in [0.2, 0.25) is 0 Å². The Kier molecular flexibility index (Phi) is 13.5. The fourth-order valence-corrected chi connectivity index (χ4v) is 4.60. The topological polar surface area (TPSA) is 154 Å². The van der Waals surface area contributed by atoms with Gasteiger partial charge in [-0.2, -0.15) is 12.6 Å². The lowest BCUT2D eigenvalue weighted by molar-refractivity contribution is -0.141. The maximum Gasteiger partial charge on any atom is 0.317 e. The van der Waals surface area contributed by atoms with Gasteiger partial charge in [0.1, 0.15) is 0 Å². The summed E-state index contributed by atoms with van der Waals surface area (Å²) in [6.07, 6.45) is 0.467. The lowest BCUT2D eigenvalue weighted by Crippen LogP contribution is -2.53. The largest absolute Gasteiger partial charge is 0.480 e. The Morgan fingerprint density at radius 3 is 1.89 bits per heavy atom. The summed E-state index contributed by atoms with van der Waals surface area (Å²) in [5.41, 5.74) is 1.54. The number of carbonyl (C=O) groups excluding carboxylic acids is 1. The summed E-state index contributed by atoms with van der Waals surface area (Å²) in [4.78, 5) is 54.1. The van der Waals surface area contributed by atoms with Gasteiger partial charge in [-0.1, -0.05) is 19.1 Å². The number of rotatable bonds is 11. The molecule has 38 heavy (non-hydrogen) atoms. The molecule has 4 N–H and O–H groups in total. The van der Waals surface area contributed by atoms with Crippen LogP contribution < -0.4 is 5.32 Å². The number of thiol groups is 1. The number of hydrogen-bond acceptors (Lipinski definition) is 9. The standard InChI is InChI=1S/C25H39N5O7S/c1-2-27-7-8-28(15-23(32)33)9-10-29(16-24(34)35)14-21(30(12-11-27)17-25(36)37)13-19-3-5-20(6-4-19)26-22(31)18-38/h3-6,21,38H,2,7-18H2,1H3,(H,26,31)(H,32,33)(H,34,35)(H,36,37). The lowest BCUT2D eigenvalue weighted by Gasteiger charge is -2.37. The highest BCUT2D eigenvalue weighted by Crippen LogP contribution is 2.16. The number of nitrogens with one attached hydrogen (secondary N) is 1. The van der Waals surface area contributed by atoms with Crippen LogP contribution in [0, 0.1) is 0 Å². The minimum Gasteiger partial charge on any atom is -0.480 e. The summed E-state index contributed by atoms with van der Waals surface area (Å²) in [6.45, 7) is 5.36. The van der Waals surface area contributed by atoms with Gasteiger partial charge in [-0.3, -0.25) is 33.9 Å². The molecule has 1 aliphatic rings. The Labute approximate surface area is 228 Å². The van der Waals surface area contributed by atoms with Crippen LogP contribution in [0.15, 0.2) is 24.3 Å². The molecule has 1 aliphatic heterocycles. The van der Waals surface area contributed by atoms with Crippen LogP contribution >= 0.6 is 12.6 Å². The fourth-order valence-electron chi connectivity index (χ4n) is 4.52. The van der Waals surface area contributed by atoms with Crippen LogP contribution in [0.25, 0.3) is 0 Å². The monoisotopic (exact) mass is 553 g/mol. The van der Waals surface area contributed by atoms with Gasteiger partial charge in [-0.15, -0.1) is 0 Å². The minimum absolute atomic E-state index is 0.0616. The highest BCUT2D eigenvalue weighted by molar-refractivity contribution is 7.81. The van der Waals surface area contributed by atoms with E-state index in [2.05, 4.69) is 22.8 Å². The van der Waals surface area contributed by atoms with Gasteiger partial charge in [-0.25, -0.2) is 0 Å². The van der Waals surface area contributed by atoms with Crippen LogP contribution in [-0.4, -0.2) is 143 Å². The predicted molar refractivity (Wildman–Crippen MR) is 146 cm³/mol. The first-order valence-electron chi connectivity index (χ1n) is 12.7. The summed E-state index contributed by atoms with van der Waals surface area (Å²) in [5, 5.41) is 31.3. The number of hydrogen-bond donors (Lipinski definition) is 5. The first kappa shape index (κ1) is 31.5. The van der Waals surface area contributed by atoms with Gasteiger partial charge >= 0.3 is 17.9 Å². The molecule has 0 spiro atoms. The maximum atomic E-state index is 11.8. The molecule has 0 aromatic heterocycles. The van der Waals surface area contributed by atoms with Crippen molar-refractivity contribution in [1.82, 2.24) is 19.6 Å². The molecule has 0 saturated carbocycles. The molecule has 1 saturated heterocycles. The number of aliphatic carboxylic acids is 3. The van der Waals surface area contributed by atoms with Crippen molar-refractivity contribution < 1.29 is 34.5 Å². The Morgan fingerprint density at radius 1 is 0.816 bits per heavy atom. The summed E-state index contributed by atoms with van der Waals surface area (Å²) < 4.78 is 0. The first-order valence-corrected chi connectivity index (χ1v) is 13.3. The van der Waals surface area contributed by atoms with Gasteiger partial charge in [0.05, 0.1) is 25.4 Å². The molecule has 13 heteroatoms. The molecule has 12 nitrogen and oxygen atoms in total. The predicted octanol–water partition coefficient (Wildman–Crippen LogP) is -0.0387. The van der Waals surface area contributed by atoms with E-state index in [-0.39, 0.29) is 37.3 Å². The van der Waals surface area contributed by atoms with Crippen LogP contribution in [0.3, 0.4) is 0 Å². The highest BCUT2D eigenvalue weighted by atomic mass is 32.1. The molecule has 2 rings (SSSR count). The highest BCUT2D eigenvalue weighted by Gasteiger charge is 2.27. The third kappa shape index (κ3) is 11.8. The Bertz CT molecular complexity index is 933. The Balaban J connectivity index is 2.34. The SMILES string of the molecule is CCN1CCN(CC(=O)O)CCN(CC(=O)O)CC(Cc2ccc(NC(=O)CS)cc2)N(CC(=O)O)CC1. The van der Waals surface area contributed by atoms with Gasteiger partial charge in [0.2, 0.25) is 5.91 Å². The molecular weight excluding hydrogens is 514 g/mol. The number of amides is 1. The zero-order chi connectivity index (χ0) is 28.1. The van der Waals surface area contributed by atoms with Gasteiger partial charge < -0.3 is 25.5 Å². The minimum atomic E-state index is -1.01. The van der Waals surface area contributed by atoms with Gasteiger partial charge in [-0.05, 0) is 30.7 Å². The zero-order valence-corrected chi connectivity index (χ0v) is 22.7. The molecule has 0 aliphatic carbocycles. The molecule has 1 fully saturated rings. The summed E-state index contributed by atoms with van der Waals surface area (Å²) in [5.74, 6) is -3.08. The van der Waals surface area contributed by atoms with Gasteiger partial charge in [0.25, 0.3) is 0 Å². The molecule has 1 unspecified atom stereocenters. The number of anilines is 1. The lowest BCUT2D eigenvalue weighted by atomic mass is 10.0. The zero-order valence-electron chi connectivity index (χ0n) is 21.8. The number of benzene rings is 1. The fraction of sp³-hybridized carbons (Fsp3) is 0.600. The molecular formula is C25H39N5O7S. The molecule has 1 amide bonds. The number of carbonyl (C=O) groups is 4. The Morgan fingerprint density at radius 2 is 1.34 bits per heavy atom. The summed E-state index contributed by atoms with van der Waals surface area (Å²) >= 11 is 3.96. The second-order valence-corrected chi connectivity index (χ2v) is 9.67. The second-order valence-electron chi connectivity index (χ2n) is 9.36. The summed E-state index contributed by atoms with van der Waals surface area (Å²) in [6, 6.07) is 6.94. The molecule has 1 aromatic rings. The van der Waals surface area contributed by atoms with Crippen LogP contribution in [0.4, 0.5) is 5.69 Å². The third-order valence-electron chi connectivity index (χ3n) is 6.51. The van der Waals surface area contributed by atoms with Crippen molar-refractivity contribution in [3.05, 3.63) is 29.8 Å². The van der Waals surface area contributed by atoms with E-state index >= 15 is 0 Å². The smallest absolute Gasteiger partial charge is 0.317 e. The van der Waals surface area contributed by atoms with Crippen LogP contribution in [0.1, 0.15) is 12.5 Å². The number of carboxylic acid groups (broad SMARTS) is 3. The van der Waals surface area contributed by atoms with Gasteiger partial charge in [0.15, 0.2) is 0 Å². The third-order valence-corrected chi connectivity index (χ3v) is 6.80. The molecule has 1 heterocycles. The average Bonchev–Trinajstić information content (AvgIpc) is 2.85. The quantitative estimate of drug-likeness (QED) is 0.235. The van der Waals surface area contributed by atoms with Crippen molar-refractivity contribution in [1.29, 1.82) is 0 Å².